The molecule has 1 rings (SSSR count). The highest BCUT2D eigenvalue weighted by Gasteiger charge is 2.10. The van der Waals surface area contributed by atoms with E-state index in [-0.39, 0.29) is 11.9 Å². The second-order valence-corrected chi connectivity index (χ2v) is 5.32. The molecule has 0 saturated carbocycles. The Hall–Kier alpha value is -1.07. The number of para-hydroxylation sites is 1. The van der Waals surface area contributed by atoms with Crippen molar-refractivity contribution in [3.63, 3.8) is 0 Å². The third-order valence-corrected chi connectivity index (χ3v) is 3.16. The van der Waals surface area contributed by atoms with E-state index in [1.54, 1.807) is 0 Å². The van der Waals surface area contributed by atoms with Crippen molar-refractivity contribution in [2.45, 2.75) is 32.7 Å². The monoisotopic (exact) mass is 328 g/mol. The molecule has 0 aliphatic heterocycles. The summed E-state index contributed by atoms with van der Waals surface area (Å²) < 4.78 is 6.61. The van der Waals surface area contributed by atoms with Gasteiger partial charge in [0, 0.05) is 12.6 Å². The molecule has 0 heterocycles. The van der Waals surface area contributed by atoms with E-state index >= 15 is 0 Å². The van der Waals surface area contributed by atoms with E-state index in [0.717, 1.165) is 22.2 Å². The molecule has 0 saturated heterocycles. The van der Waals surface area contributed by atoms with E-state index in [9.17, 15) is 4.79 Å². The lowest BCUT2D eigenvalue weighted by molar-refractivity contribution is -0.121. The van der Waals surface area contributed by atoms with E-state index in [2.05, 4.69) is 21.2 Å². The molecule has 0 aliphatic carbocycles. The lowest BCUT2D eigenvalue weighted by Crippen LogP contribution is -2.24. The molecular formula is C14H21BrN2O2. The fraction of sp³-hybridized carbons (Fsp3) is 0.500. The summed E-state index contributed by atoms with van der Waals surface area (Å²) in [7, 11) is 0. The van der Waals surface area contributed by atoms with Crippen LogP contribution in [0.3, 0.4) is 0 Å². The number of nitrogens with two attached hydrogens (primary N) is 1. The van der Waals surface area contributed by atoms with Crippen molar-refractivity contribution in [3.8, 4) is 5.75 Å². The number of hydrogen-bond acceptors (Lipinski definition) is 3. The van der Waals surface area contributed by atoms with Gasteiger partial charge in [-0.15, -0.1) is 0 Å². The minimum atomic E-state index is 0.00305. The van der Waals surface area contributed by atoms with Gasteiger partial charge in [0.1, 0.15) is 5.75 Å². The number of rotatable bonds is 7. The number of ether oxygens (including phenoxy) is 1. The molecule has 0 radical (unpaired) electrons. The largest absolute Gasteiger partial charge is 0.492 e. The van der Waals surface area contributed by atoms with Crippen LogP contribution < -0.4 is 15.8 Å². The van der Waals surface area contributed by atoms with Gasteiger partial charge < -0.3 is 15.8 Å². The average molecular weight is 329 g/mol. The molecule has 0 bridgehead atoms. The second-order valence-electron chi connectivity index (χ2n) is 4.46. The molecule has 1 amide bonds. The Labute approximate surface area is 122 Å². The minimum Gasteiger partial charge on any atom is -0.492 e. The number of hydrogen-bond donors (Lipinski definition) is 2. The molecule has 1 aromatic rings. The number of nitrogens with one attached hydrogen (secondary N) is 1. The van der Waals surface area contributed by atoms with Crippen LogP contribution in [0.15, 0.2) is 22.7 Å². The molecule has 106 valence electrons. The highest BCUT2D eigenvalue weighted by atomic mass is 79.9. The molecule has 1 unspecified atom stereocenters. The Morgan fingerprint density at radius 2 is 2.26 bits per heavy atom. The number of benzene rings is 1. The first kappa shape index (κ1) is 16.0. The third kappa shape index (κ3) is 5.61. The topological polar surface area (TPSA) is 64.3 Å². The molecule has 5 heteroatoms. The zero-order chi connectivity index (χ0) is 14.3. The molecule has 0 aromatic heterocycles. The standard InChI is InChI=1S/C14H21BrN2O2/c1-3-17-13(18)7-8-19-14-11(9-10(2)16)5-4-6-12(14)15/h4-6,10H,3,7-9,16H2,1-2H3,(H,17,18). The van der Waals surface area contributed by atoms with Crippen molar-refractivity contribution < 1.29 is 9.53 Å². The van der Waals surface area contributed by atoms with Gasteiger partial charge >= 0.3 is 0 Å². The number of halogens is 1. The van der Waals surface area contributed by atoms with Crippen LogP contribution in [-0.4, -0.2) is 25.1 Å². The highest BCUT2D eigenvalue weighted by molar-refractivity contribution is 9.10. The Morgan fingerprint density at radius 1 is 1.53 bits per heavy atom. The summed E-state index contributed by atoms with van der Waals surface area (Å²) in [5, 5.41) is 2.74. The van der Waals surface area contributed by atoms with Crippen LogP contribution in [0.4, 0.5) is 0 Å². The molecule has 4 nitrogen and oxygen atoms in total. The summed E-state index contributed by atoms with van der Waals surface area (Å²) >= 11 is 3.47. The Morgan fingerprint density at radius 3 is 2.89 bits per heavy atom. The highest BCUT2D eigenvalue weighted by Crippen LogP contribution is 2.29. The molecule has 19 heavy (non-hydrogen) atoms. The molecule has 3 N–H and O–H groups in total. The SMILES string of the molecule is CCNC(=O)CCOc1c(Br)cccc1CC(C)N. The summed E-state index contributed by atoms with van der Waals surface area (Å²) in [5.41, 5.74) is 6.88. The summed E-state index contributed by atoms with van der Waals surface area (Å²) in [6.45, 7) is 4.86. The lowest BCUT2D eigenvalue weighted by atomic mass is 10.1. The van der Waals surface area contributed by atoms with Gasteiger partial charge in [-0.25, -0.2) is 0 Å². The van der Waals surface area contributed by atoms with Gasteiger partial charge in [-0.05, 0) is 47.8 Å². The number of amides is 1. The first-order chi connectivity index (χ1) is 9.04. The number of carbonyl (C=O) groups excluding carboxylic acids is 1. The first-order valence-corrected chi connectivity index (χ1v) is 7.26. The zero-order valence-corrected chi connectivity index (χ0v) is 13.0. The van der Waals surface area contributed by atoms with Crippen molar-refractivity contribution in [1.29, 1.82) is 0 Å². The van der Waals surface area contributed by atoms with Crippen LogP contribution in [-0.2, 0) is 11.2 Å². The normalized spacial score (nSPS) is 12.0. The summed E-state index contributed by atoms with van der Waals surface area (Å²) in [5.74, 6) is 0.785. The predicted octanol–water partition coefficient (Wildman–Crippen LogP) is 2.24. The van der Waals surface area contributed by atoms with Gasteiger partial charge in [-0.3, -0.25) is 4.79 Å². The Bertz CT molecular complexity index is 422. The van der Waals surface area contributed by atoms with Crippen molar-refractivity contribution in [3.05, 3.63) is 28.2 Å². The van der Waals surface area contributed by atoms with Gasteiger partial charge in [0.2, 0.25) is 5.91 Å². The van der Waals surface area contributed by atoms with E-state index in [0.29, 0.717) is 19.6 Å². The molecular weight excluding hydrogens is 308 g/mol. The lowest BCUT2D eigenvalue weighted by Gasteiger charge is -2.14. The fourth-order valence-corrected chi connectivity index (χ4v) is 2.28. The Kier molecular flexibility index (Phi) is 6.87. The molecule has 0 fully saturated rings. The predicted molar refractivity (Wildman–Crippen MR) is 80.3 cm³/mol. The summed E-state index contributed by atoms with van der Waals surface area (Å²) in [6.07, 6.45) is 1.10. The van der Waals surface area contributed by atoms with Crippen LogP contribution in [0.1, 0.15) is 25.8 Å². The maximum absolute atomic E-state index is 11.4. The third-order valence-electron chi connectivity index (χ3n) is 2.54. The van der Waals surface area contributed by atoms with E-state index in [4.69, 9.17) is 10.5 Å². The maximum atomic E-state index is 11.4. The molecule has 0 spiro atoms. The first-order valence-electron chi connectivity index (χ1n) is 6.47. The van der Waals surface area contributed by atoms with Crippen LogP contribution in [0.2, 0.25) is 0 Å². The van der Waals surface area contributed by atoms with Crippen LogP contribution >= 0.6 is 15.9 Å². The molecule has 1 aromatic carbocycles. The van der Waals surface area contributed by atoms with E-state index in [1.807, 2.05) is 32.0 Å². The Balaban J connectivity index is 2.63. The van der Waals surface area contributed by atoms with Crippen molar-refractivity contribution in [2.24, 2.45) is 5.73 Å². The molecule has 1 atom stereocenters. The number of carbonyl (C=O) groups is 1. The van der Waals surface area contributed by atoms with Crippen molar-refractivity contribution in [2.75, 3.05) is 13.2 Å². The average Bonchev–Trinajstić information content (AvgIpc) is 2.32. The second kappa shape index (κ2) is 8.17. The quantitative estimate of drug-likeness (QED) is 0.806. The molecule has 0 aliphatic rings. The van der Waals surface area contributed by atoms with Gasteiger partial charge in [-0.2, -0.15) is 0 Å². The van der Waals surface area contributed by atoms with Gasteiger partial charge in [0.15, 0.2) is 0 Å². The van der Waals surface area contributed by atoms with Crippen molar-refractivity contribution in [1.82, 2.24) is 5.32 Å². The zero-order valence-electron chi connectivity index (χ0n) is 11.4. The summed E-state index contributed by atoms with van der Waals surface area (Å²) in [6, 6.07) is 5.94. The van der Waals surface area contributed by atoms with Gasteiger partial charge in [-0.1, -0.05) is 12.1 Å². The van der Waals surface area contributed by atoms with Crippen LogP contribution in [0.25, 0.3) is 0 Å². The van der Waals surface area contributed by atoms with Gasteiger partial charge in [0.05, 0.1) is 17.5 Å². The van der Waals surface area contributed by atoms with E-state index < -0.39 is 0 Å². The summed E-state index contributed by atoms with van der Waals surface area (Å²) in [4.78, 5) is 11.4. The van der Waals surface area contributed by atoms with Gasteiger partial charge in [0.25, 0.3) is 0 Å². The smallest absolute Gasteiger partial charge is 0.223 e. The van der Waals surface area contributed by atoms with E-state index in [1.165, 1.54) is 0 Å². The van der Waals surface area contributed by atoms with Crippen LogP contribution in [0, 0.1) is 0 Å². The maximum Gasteiger partial charge on any atom is 0.223 e. The minimum absolute atomic E-state index is 0.00305. The van der Waals surface area contributed by atoms with Crippen molar-refractivity contribution >= 4 is 21.8 Å². The fourth-order valence-electron chi connectivity index (χ4n) is 1.75. The van der Waals surface area contributed by atoms with Crippen LogP contribution in [0.5, 0.6) is 5.75 Å².